The predicted molar refractivity (Wildman–Crippen MR) is 75.2 cm³/mol. The molecule has 0 aliphatic carbocycles. The van der Waals surface area contributed by atoms with Crippen LogP contribution in [0.5, 0.6) is 0 Å². The number of hydrogen-bond donors (Lipinski definition) is 1. The highest BCUT2D eigenvalue weighted by molar-refractivity contribution is 5.87. The van der Waals surface area contributed by atoms with Gasteiger partial charge < -0.3 is 14.5 Å². The predicted octanol–water partition coefficient (Wildman–Crippen LogP) is 0.521. The number of rotatable bonds is 3. The quantitative estimate of drug-likeness (QED) is 0.874. The van der Waals surface area contributed by atoms with Gasteiger partial charge in [0.15, 0.2) is 0 Å². The Kier molecular flexibility index (Phi) is 3.46. The Morgan fingerprint density at radius 3 is 2.71 bits per heavy atom. The van der Waals surface area contributed by atoms with Crippen molar-refractivity contribution < 1.29 is 14.4 Å². The molecule has 0 amide bonds. The first-order valence-corrected chi connectivity index (χ1v) is 6.86. The minimum Gasteiger partial charge on any atom is -0.480 e. The average Bonchev–Trinajstić information content (AvgIpc) is 2.88. The van der Waals surface area contributed by atoms with Gasteiger partial charge >= 0.3 is 5.97 Å². The molecule has 3 rings (SSSR count). The van der Waals surface area contributed by atoms with Gasteiger partial charge in [-0.3, -0.25) is 9.69 Å². The molecule has 1 unspecified atom stereocenters. The van der Waals surface area contributed by atoms with E-state index in [0.29, 0.717) is 31.9 Å². The molecular weight excluding hydrogens is 274 g/mol. The number of piperazine rings is 1. The second-order valence-electron chi connectivity index (χ2n) is 5.18. The van der Waals surface area contributed by atoms with E-state index in [1.165, 1.54) is 6.33 Å². The summed E-state index contributed by atoms with van der Waals surface area (Å²) in [5.74, 6) is 0.0177. The zero-order valence-corrected chi connectivity index (χ0v) is 12.0. The minimum atomic E-state index is -0.789. The van der Waals surface area contributed by atoms with E-state index in [1.54, 1.807) is 6.92 Å². The fraction of sp³-hybridized carbons (Fsp3) is 0.538. The third-order valence-corrected chi connectivity index (χ3v) is 3.94. The standard InChI is InChI=1S/C13H17N5O3/c1-8-10-11(14-7-15-12(10)21-16-8)18-5-3-17(4-6-18)9(2)13(19)20/h7,9H,3-6H2,1-2H3,(H,19,20). The second kappa shape index (κ2) is 5.28. The number of aromatic nitrogens is 3. The van der Waals surface area contributed by atoms with Crippen molar-refractivity contribution in [3.05, 3.63) is 12.0 Å². The van der Waals surface area contributed by atoms with Crippen LogP contribution in [0.15, 0.2) is 10.9 Å². The number of anilines is 1. The van der Waals surface area contributed by atoms with E-state index in [4.69, 9.17) is 9.63 Å². The molecule has 21 heavy (non-hydrogen) atoms. The van der Waals surface area contributed by atoms with Gasteiger partial charge in [-0.2, -0.15) is 4.98 Å². The topological polar surface area (TPSA) is 95.6 Å². The van der Waals surface area contributed by atoms with E-state index in [2.05, 4.69) is 20.0 Å². The Labute approximate surface area is 121 Å². The van der Waals surface area contributed by atoms with E-state index in [0.717, 1.165) is 16.9 Å². The third-order valence-electron chi connectivity index (χ3n) is 3.94. The molecule has 3 heterocycles. The molecule has 2 aromatic heterocycles. The van der Waals surface area contributed by atoms with E-state index in [9.17, 15) is 4.79 Å². The van der Waals surface area contributed by atoms with Gasteiger partial charge in [0.05, 0.1) is 5.69 Å². The Hall–Kier alpha value is -2.22. The average molecular weight is 291 g/mol. The van der Waals surface area contributed by atoms with Gasteiger partial charge in [0.2, 0.25) is 0 Å². The van der Waals surface area contributed by atoms with Crippen LogP contribution in [0, 0.1) is 6.92 Å². The first-order valence-electron chi connectivity index (χ1n) is 6.86. The van der Waals surface area contributed by atoms with Crippen LogP contribution in [0.4, 0.5) is 5.82 Å². The third kappa shape index (κ3) is 2.42. The highest BCUT2D eigenvalue weighted by Crippen LogP contribution is 2.26. The van der Waals surface area contributed by atoms with Crippen LogP contribution in [-0.4, -0.2) is 63.3 Å². The summed E-state index contributed by atoms with van der Waals surface area (Å²) in [7, 11) is 0. The van der Waals surface area contributed by atoms with Crippen molar-refractivity contribution in [2.45, 2.75) is 19.9 Å². The Balaban J connectivity index is 1.80. The minimum absolute atomic E-state index is 0.463. The lowest BCUT2D eigenvalue weighted by molar-refractivity contribution is -0.142. The van der Waals surface area contributed by atoms with Crippen LogP contribution in [0.25, 0.3) is 11.1 Å². The Morgan fingerprint density at radius 2 is 2.05 bits per heavy atom. The fourth-order valence-electron chi connectivity index (χ4n) is 2.62. The molecule has 2 aromatic rings. The lowest BCUT2D eigenvalue weighted by atomic mass is 10.2. The molecule has 1 aliphatic rings. The van der Waals surface area contributed by atoms with Gasteiger partial charge in [0.1, 0.15) is 23.6 Å². The van der Waals surface area contributed by atoms with Gasteiger partial charge in [-0.05, 0) is 13.8 Å². The van der Waals surface area contributed by atoms with Crippen molar-refractivity contribution in [3.8, 4) is 0 Å². The summed E-state index contributed by atoms with van der Waals surface area (Å²) in [6.07, 6.45) is 1.47. The van der Waals surface area contributed by atoms with Crippen LogP contribution >= 0.6 is 0 Å². The molecule has 0 saturated carbocycles. The van der Waals surface area contributed by atoms with Gasteiger partial charge in [-0.1, -0.05) is 5.16 Å². The molecule has 0 spiro atoms. The second-order valence-corrected chi connectivity index (χ2v) is 5.18. The molecule has 0 radical (unpaired) electrons. The summed E-state index contributed by atoms with van der Waals surface area (Å²) < 4.78 is 5.16. The van der Waals surface area contributed by atoms with Gasteiger partial charge in [0, 0.05) is 26.2 Å². The number of nitrogens with zero attached hydrogens (tertiary/aromatic N) is 5. The van der Waals surface area contributed by atoms with Gasteiger partial charge in [0.25, 0.3) is 5.71 Å². The Morgan fingerprint density at radius 1 is 1.33 bits per heavy atom. The lowest BCUT2D eigenvalue weighted by Crippen LogP contribution is -2.52. The van der Waals surface area contributed by atoms with E-state index < -0.39 is 12.0 Å². The van der Waals surface area contributed by atoms with Crippen LogP contribution in [0.1, 0.15) is 12.6 Å². The van der Waals surface area contributed by atoms with E-state index >= 15 is 0 Å². The maximum atomic E-state index is 11.0. The van der Waals surface area contributed by atoms with Crippen LogP contribution in [0.2, 0.25) is 0 Å². The van der Waals surface area contributed by atoms with Crippen LogP contribution < -0.4 is 4.90 Å². The molecule has 8 heteroatoms. The molecule has 1 fully saturated rings. The normalized spacial score (nSPS) is 18.1. The summed E-state index contributed by atoms with van der Waals surface area (Å²) in [5.41, 5.74) is 1.25. The van der Waals surface area contributed by atoms with Crippen molar-refractivity contribution >= 4 is 22.9 Å². The Bertz CT molecular complexity index is 663. The number of carbonyl (C=O) groups is 1. The molecular formula is C13H17N5O3. The molecule has 1 atom stereocenters. The number of aliphatic carboxylic acids is 1. The maximum Gasteiger partial charge on any atom is 0.320 e. The SMILES string of the molecule is Cc1noc2ncnc(N3CCN(C(C)C(=O)O)CC3)c12. The summed E-state index contributed by atoms with van der Waals surface area (Å²) in [5, 5.41) is 13.8. The largest absolute Gasteiger partial charge is 0.480 e. The van der Waals surface area contributed by atoms with Crippen molar-refractivity contribution in [1.29, 1.82) is 0 Å². The molecule has 1 saturated heterocycles. The monoisotopic (exact) mass is 291 g/mol. The first kappa shape index (κ1) is 13.7. The summed E-state index contributed by atoms with van der Waals surface area (Å²) >= 11 is 0. The highest BCUT2D eigenvalue weighted by Gasteiger charge is 2.27. The zero-order chi connectivity index (χ0) is 15.0. The number of fused-ring (bicyclic) bond motifs is 1. The molecule has 1 N–H and O–H groups in total. The smallest absolute Gasteiger partial charge is 0.320 e. The zero-order valence-electron chi connectivity index (χ0n) is 12.0. The highest BCUT2D eigenvalue weighted by atomic mass is 16.5. The van der Waals surface area contributed by atoms with Crippen molar-refractivity contribution in [2.75, 3.05) is 31.1 Å². The van der Waals surface area contributed by atoms with Gasteiger partial charge in [-0.25, -0.2) is 4.98 Å². The summed E-state index contributed by atoms with van der Waals surface area (Å²) in [6.45, 7) is 6.38. The number of carboxylic acid groups (broad SMARTS) is 1. The number of hydrogen-bond acceptors (Lipinski definition) is 7. The number of aryl methyl sites for hydroxylation is 1. The molecule has 0 aromatic carbocycles. The molecule has 0 bridgehead atoms. The van der Waals surface area contributed by atoms with Crippen molar-refractivity contribution in [1.82, 2.24) is 20.0 Å². The van der Waals surface area contributed by atoms with Crippen LogP contribution in [-0.2, 0) is 4.79 Å². The first-order chi connectivity index (χ1) is 10.1. The van der Waals surface area contributed by atoms with Crippen molar-refractivity contribution in [3.63, 3.8) is 0 Å². The molecule has 112 valence electrons. The molecule has 1 aliphatic heterocycles. The van der Waals surface area contributed by atoms with E-state index in [-0.39, 0.29) is 0 Å². The lowest BCUT2D eigenvalue weighted by Gasteiger charge is -2.37. The maximum absolute atomic E-state index is 11.0. The van der Waals surface area contributed by atoms with Crippen molar-refractivity contribution in [2.24, 2.45) is 0 Å². The fourth-order valence-corrected chi connectivity index (χ4v) is 2.62. The summed E-state index contributed by atoms with van der Waals surface area (Å²) in [4.78, 5) is 23.5. The molecule has 8 nitrogen and oxygen atoms in total. The van der Waals surface area contributed by atoms with E-state index in [1.807, 2.05) is 11.8 Å². The number of carboxylic acids is 1. The van der Waals surface area contributed by atoms with Gasteiger partial charge in [-0.15, -0.1) is 0 Å². The van der Waals surface area contributed by atoms with Crippen LogP contribution in [0.3, 0.4) is 0 Å². The summed E-state index contributed by atoms with van der Waals surface area (Å²) in [6, 6.07) is -0.463.